The lowest BCUT2D eigenvalue weighted by Crippen LogP contribution is -2.17. The van der Waals surface area contributed by atoms with Crippen LogP contribution in [0.5, 0.6) is 0 Å². The first kappa shape index (κ1) is 15.1. The predicted molar refractivity (Wildman–Crippen MR) is 87.3 cm³/mol. The number of nitrogens with zero attached hydrogens (tertiary/aromatic N) is 1. The van der Waals surface area contributed by atoms with E-state index in [4.69, 9.17) is 17.3 Å². The van der Waals surface area contributed by atoms with Gasteiger partial charge >= 0.3 is 0 Å². The van der Waals surface area contributed by atoms with Crippen molar-refractivity contribution in [2.24, 2.45) is 10.7 Å². The van der Waals surface area contributed by atoms with Gasteiger partial charge < -0.3 is 11.1 Å². The fourth-order valence-corrected chi connectivity index (χ4v) is 1.97. The summed E-state index contributed by atoms with van der Waals surface area (Å²) < 4.78 is 0. The van der Waals surface area contributed by atoms with Crippen molar-refractivity contribution in [3.63, 3.8) is 0 Å². The van der Waals surface area contributed by atoms with Crippen molar-refractivity contribution >= 4 is 29.0 Å². The van der Waals surface area contributed by atoms with E-state index in [1.54, 1.807) is 13.1 Å². The highest BCUT2D eigenvalue weighted by Gasteiger charge is 2.05. The first-order chi connectivity index (χ1) is 10.1. The van der Waals surface area contributed by atoms with Crippen molar-refractivity contribution in [2.75, 3.05) is 12.9 Å². The summed E-state index contributed by atoms with van der Waals surface area (Å²) in [6.07, 6.45) is 0. The van der Waals surface area contributed by atoms with Crippen LogP contribution >= 0.6 is 11.6 Å². The molecular weight excluding hydrogens is 286 g/mol. The maximum Gasteiger partial charge on any atom is 0.251 e. The van der Waals surface area contributed by atoms with Crippen LogP contribution in [0, 0.1) is 0 Å². The molecule has 1 amide bonds. The summed E-state index contributed by atoms with van der Waals surface area (Å²) in [6.45, 7) is 0. The maximum atomic E-state index is 11.7. The number of amides is 1. The highest BCUT2D eigenvalue weighted by atomic mass is 35.5. The molecule has 2 rings (SSSR count). The average molecular weight is 302 g/mol. The van der Waals surface area contributed by atoms with Crippen LogP contribution in [0.3, 0.4) is 0 Å². The third-order valence-electron chi connectivity index (χ3n) is 2.96. The second kappa shape index (κ2) is 6.90. The maximum absolute atomic E-state index is 11.7. The Bertz CT molecular complexity index is 665. The first-order valence-electron chi connectivity index (χ1n) is 6.45. The van der Waals surface area contributed by atoms with Gasteiger partial charge in [-0.15, -0.1) is 11.6 Å². The zero-order valence-corrected chi connectivity index (χ0v) is 12.4. The lowest BCUT2D eigenvalue weighted by molar-refractivity contribution is 0.0963. The molecule has 2 aromatic carbocycles. The van der Waals surface area contributed by atoms with Gasteiger partial charge in [-0.25, -0.2) is 4.99 Å². The molecule has 0 heterocycles. The van der Waals surface area contributed by atoms with Crippen LogP contribution in [0.25, 0.3) is 11.1 Å². The molecule has 0 saturated heterocycles. The summed E-state index contributed by atoms with van der Waals surface area (Å²) in [5, 5.41) is 2.61. The van der Waals surface area contributed by atoms with E-state index in [1.807, 2.05) is 42.5 Å². The molecule has 0 bridgehead atoms. The molecule has 3 N–H and O–H groups in total. The van der Waals surface area contributed by atoms with E-state index in [0.29, 0.717) is 11.4 Å². The molecule has 2 aromatic rings. The molecule has 0 atom stereocenters. The van der Waals surface area contributed by atoms with Crippen LogP contribution in [-0.4, -0.2) is 24.7 Å². The van der Waals surface area contributed by atoms with Crippen LogP contribution in [0.1, 0.15) is 10.4 Å². The van der Waals surface area contributed by atoms with Crippen molar-refractivity contribution in [3.05, 3.63) is 54.1 Å². The lowest BCUT2D eigenvalue weighted by Gasteiger charge is -2.05. The van der Waals surface area contributed by atoms with Gasteiger partial charge in [-0.3, -0.25) is 4.79 Å². The molecule has 4 nitrogen and oxygen atoms in total. The first-order valence-corrected chi connectivity index (χ1v) is 6.99. The van der Waals surface area contributed by atoms with Crippen molar-refractivity contribution < 1.29 is 4.79 Å². The van der Waals surface area contributed by atoms with Gasteiger partial charge in [0, 0.05) is 12.6 Å². The van der Waals surface area contributed by atoms with Crippen LogP contribution in [0.4, 0.5) is 5.69 Å². The number of halogens is 1. The SMILES string of the molecule is CNC(=O)c1cccc(-c2ccc(N=C(N)CCl)cc2)c1. The Morgan fingerprint density at radius 3 is 2.52 bits per heavy atom. The van der Waals surface area contributed by atoms with E-state index in [-0.39, 0.29) is 11.8 Å². The molecule has 0 fully saturated rings. The minimum atomic E-state index is -0.104. The number of hydrogen-bond donors (Lipinski definition) is 2. The number of aliphatic imine (C=N–C) groups is 1. The van der Waals surface area contributed by atoms with Crippen molar-refractivity contribution in [3.8, 4) is 11.1 Å². The molecule has 0 aromatic heterocycles. The molecule has 108 valence electrons. The Balaban J connectivity index is 2.29. The Morgan fingerprint density at radius 2 is 1.90 bits per heavy atom. The Morgan fingerprint density at radius 1 is 1.19 bits per heavy atom. The minimum absolute atomic E-state index is 0.104. The zero-order valence-electron chi connectivity index (χ0n) is 11.6. The zero-order chi connectivity index (χ0) is 15.2. The molecule has 0 spiro atoms. The molecule has 5 heteroatoms. The second-order valence-electron chi connectivity index (χ2n) is 4.44. The number of nitrogens with two attached hydrogens (primary N) is 1. The van der Waals surface area contributed by atoms with Gasteiger partial charge in [0.25, 0.3) is 5.91 Å². The molecule has 0 aliphatic rings. The molecular formula is C16H16ClN3O. The molecule has 21 heavy (non-hydrogen) atoms. The predicted octanol–water partition coefficient (Wildman–Crippen LogP) is 2.94. The second-order valence-corrected chi connectivity index (χ2v) is 4.71. The standard InChI is InChI=1S/C16H16ClN3O/c1-19-16(21)13-4-2-3-12(9-13)11-5-7-14(8-6-11)20-15(18)10-17/h2-9H,10H2,1H3,(H2,18,20)(H,19,21). The van der Waals surface area contributed by atoms with Gasteiger partial charge in [0.05, 0.1) is 11.6 Å². The van der Waals surface area contributed by atoms with Gasteiger partial charge in [0.2, 0.25) is 0 Å². The van der Waals surface area contributed by atoms with E-state index in [0.717, 1.165) is 16.8 Å². The molecule has 0 aliphatic carbocycles. The van der Waals surface area contributed by atoms with Crippen molar-refractivity contribution in [2.45, 2.75) is 0 Å². The van der Waals surface area contributed by atoms with E-state index < -0.39 is 0 Å². The number of hydrogen-bond acceptors (Lipinski definition) is 2. The number of rotatable bonds is 4. The van der Waals surface area contributed by atoms with E-state index in [9.17, 15) is 4.79 Å². The van der Waals surface area contributed by atoms with Crippen molar-refractivity contribution in [1.29, 1.82) is 0 Å². The van der Waals surface area contributed by atoms with E-state index >= 15 is 0 Å². The smallest absolute Gasteiger partial charge is 0.251 e. The van der Waals surface area contributed by atoms with Gasteiger partial charge in [0.15, 0.2) is 0 Å². The Hall–Kier alpha value is -2.33. The quantitative estimate of drug-likeness (QED) is 0.518. The van der Waals surface area contributed by atoms with E-state index in [2.05, 4.69) is 10.3 Å². The summed E-state index contributed by atoms with van der Waals surface area (Å²) in [6, 6.07) is 15.0. The highest BCUT2D eigenvalue weighted by molar-refractivity contribution is 6.28. The van der Waals surface area contributed by atoms with Crippen LogP contribution in [-0.2, 0) is 0 Å². The fourth-order valence-electron chi connectivity index (χ4n) is 1.91. The number of benzene rings is 2. The number of carbonyl (C=O) groups is 1. The summed E-state index contributed by atoms with van der Waals surface area (Å²) >= 11 is 5.60. The topological polar surface area (TPSA) is 67.5 Å². The lowest BCUT2D eigenvalue weighted by atomic mass is 10.0. The third-order valence-corrected chi connectivity index (χ3v) is 3.24. The molecule has 0 aliphatic heterocycles. The highest BCUT2D eigenvalue weighted by Crippen LogP contribution is 2.23. The largest absolute Gasteiger partial charge is 0.386 e. The van der Waals surface area contributed by atoms with E-state index in [1.165, 1.54) is 0 Å². The normalized spacial score (nSPS) is 11.2. The number of carbonyl (C=O) groups excluding carboxylic acids is 1. The number of amidine groups is 1. The minimum Gasteiger partial charge on any atom is -0.386 e. The van der Waals surface area contributed by atoms with Gasteiger partial charge in [-0.2, -0.15) is 0 Å². The third kappa shape index (κ3) is 3.83. The molecule has 0 unspecified atom stereocenters. The summed E-state index contributed by atoms with van der Waals surface area (Å²) in [5.41, 5.74) is 8.95. The van der Waals surface area contributed by atoms with Crippen LogP contribution in [0.15, 0.2) is 53.5 Å². The Labute approximate surface area is 128 Å². The Kier molecular flexibility index (Phi) is 4.95. The van der Waals surface area contributed by atoms with Gasteiger partial charge in [-0.05, 0) is 35.4 Å². The molecule has 0 radical (unpaired) electrons. The molecule has 0 saturated carbocycles. The fraction of sp³-hybridized carbons (Fsp3) is 0.125. The monoisotopic (exact) mass is 301 g/mol. The summed E-state index contributed by atoms with van der Waals surface area (Å²) in [7, 11) is 1.61. The van der Waals surface area contributed by atoms with Gasteiger partial charge in [-0.1, -0.05) is 24.3 Å². The van der Waals surface area contributed by atoms with Crippen molar-refractivity contribution in [1.82, 2.24) is 5.32 Å². The summed E-state index contributed by atoms with van der Waals surface area (Å²) in [4.78, 5) is 15.8. The number of nitrogens with one attached hydrogen (secondary N) is 1. The van der Waals surface area contributed by atoms with Crippen LogP contribution < -0.4 is 11.1 Å². The number of alkyl halides is 1. The summed E-state index contributed by atoms with van der Waals surface area (Å²) in [5.74, 6) is 0.481. The van der Waals surface area contributed by atoms with Crippen LogP contribution in [0.2, 0.25) is 0 Å². The van der Waals surface area contributed by atoms with Gasteiger partial charge in [0.1, 0.15) is 5.84 Å². The average Bonchev–Trinajstić information content (AvgIpc) is 2.54.